The van der Waals surface area contributed by atoms with E-state index in [0.717, 1.165) is 64.7 Å². The van der Waals surface area contributed by atoms with Gasteiger partial charge in [-0.25, -0.2) is 4.79 Å². The van der Waals surface area contributed by atoms with E-state index in [1.54, 1.807) is 0 Å². The van der Waals surface area contributed by atoms with Crippen molar-refractivity contribution in [3.05, 3.63) is 0 Å². The van der Waals surface area contributed by atoms with Crippen molar-refractivity contribution in [2.24, 2.45) is 0 Å². The van der Waals surface area contributed by atoms with Gasteiger partial charge in [0.05, 0.1) is 12.2 Å². The molecule has 0 aromatic carbocycles. The summed E-state index contributed by atoms with van der Waals surface area (Å²) < 4.78 is 5.82. The summed E-state index contributed by atoms with van der Waals surface area (Å²) in [4.78, 5) is 43.7. The highest BCUT2D eigenvalue weighted by molar-refractivity contribution is 6.07. The Labute approximate surface area is 179 Å². The SMILES string of the molecule is CC1CN(CC2CCCN2C(=O)CCCN2C(=O)NC3(CCCC3)C2=O)CC(C)O1. The van der Waals surface area contributed by atoms with Gasteiger partial charge in [0, 0.05) is 45.2 Å². The molecule has 30 heavy (non-hydrogen) atoms. The molecular formula is C22H36N4O4. The zero-order valence-corrected chi connectivity index (χ0v) is 18.4. The van der Waals surface area contributed by atoms with Gasteiger partial charge in [-0.05, 0) is 46.0 Å². The van der Waals surface area contributed by atoms with Gasteiger partial charge < -0.3 is 15.0 Å². The third-order valence-corrected chi connectivity index (χ3v) is 7.14. The normalized spacial score (nSPS) is 31.7. The molecule has 3 saturated heterocycles. The lowest BCUT2D eigenvalue weighted by Crippen LogP contribution is -2.51. The van der Waals surface area contributed by atoms with Crippen LogP contribution in [0.4, 0.5) is 4.79 Å². The molecule has 3 aliphatic heterocycles. The molecule has 4 rings (SSSR count). The summed E-state index contributed by atoms with van der Waals surface area (Å²) >= 11 is 0. The van der Waals surface area contributed by atoms with Crippen molar-refractivity contribution in [3.63, 3.8) is 0 Å². The standard InChI is InChI=1S/C22H36N4O4/c1-16-13-24(14-17(2)30-16)15-18-7-5-11-25(18)19(27)8-6-12-26-20(28)22(23-21(26)29)9-3-4-10-22/h16-18H,3-15H2,1-2H3,(H,23,29). The van der Waals surface area contributed by atoms with Gasteiger partial charge >= 0.3 is 6.03 Å². The number of rotatable bonds is 6. The second-order valence-electron chi connectivity index (χ2n) is 9.64. The number of carbonyl (C=O) groups excluding carboxylic acids is 3. The fourth-order valence-electron chi connectivity index (χ4n) is 5.81. The molecule has 0 bridgehead atoms. The minimum Gasteiger partial charge on any atom is -0.373 e. The first-order valence-electron chi connectivity index (χ1n) is 11.7. The molecule has 3 heterocycles. The first-order chi connectivity index (χ1) is 14.4. The van der Waals surface area contributed by atoms with E-state index in [-0.39, 0.29) is 36.1 Å². The van der Waals surface area contributed by atoms with E-state index in [2.05, 4.69) is 24.1 Å². The van der Waals surface area contributed by atoms with Gasteiger partial charge in [-0.3, -0.25) is 19.4 Å². The fraction of sp³-hybridized carbons (Fsp3) is 0.864. The fourth-order valence-corrected chi connectivity index (χ4v) is 5.81. The number of urea groups is 1. The minimum absolute atomic E-state index is 0.0907. The van der Waals surface area contributed by atoms with Crippen molar-refractivity contribution in [2.45, 2.75) is 89.0 Å². The number of imide groups is 1. The Kier molecular flexibility index (Phi) is 6.34. The highest BCUT2D eigenvalue weighted by Gasteiger charge is 2.52. The van der Waals surface area contributed by atoms with E-state index in [1.807, 2.05) is 4.90 Å². The number of hydrogen-bond donors (Lipinski definition) is 1. The van der Waals surface area contributed by atoms with Gasteiger partial charge in [0.2, 0.25) is 5.91 Å². The van der Waals surface area contributed by atoms with Crippen molar-refractivity contribution >= 4 is 17.8 Å². The van der Waals surface area contributed by atoms with Gasteiger partial charge in [0.1, 0.15) is 5.54 Å². The molecule has 0 aromatic rings. The molecule has 1 aliphatic carbocycles. The molecule has 4 fully saturated rings. The molecule has 168 valence electrons. The summed E-state index contributed by atoms with van der Waals surface area (Å²) in [5.41, 5.74) is -0.659. The van der Waals surface area contributed by atoms with E-state index in [9.17, 15) is 14.4 Å². The van der Waals surface area contributed by atoms with E-state index in [0.29, 0.717) is 19.4 Å². The van der Waals surface area contributed by atoms with Crippen LogP contribution >= 0.6 is 0 Å². The monoisotopic (exact) mass is 420 g/mol. The summed E-state index contributed by atoms with van der Waals surface area (Å²) in [7, 11) is 0. The number of nitrogens with zero attached hydrogens (tertiary/aromatic N) is 3. The number of carbonyl (C=O) groups is 3. The van der Waals surface area contributed by atoms with Gasteiger partial charge in [-0.2, -0.15) is 0 Å². The maximum absolute atomic E-state index is 12.9. The highest BCUT2D eigenvalue weighted by Crippen LogP contribution is 2.35. The van der Waals surface area contributed by atoms with Crippen molar-refractivity contribution in [1.82, 2.24) is 20.0 Å². The van der Waals surface area contributed by atoms with Crippen LogP contribution in [0.25, 0.3) is 0 Å². The summed E-state index contributed by atoms with van der Waals surface area (Å²) in [6.45, 7) is 8.07. The maximum atomic E-state index is 12.9. The minimum atomic E-state index is -0.659. The van der Waals surface area contributed by atoms with Crippen molar-refractivity contribution in [1.29, 1.82) is 0 Å². The van der Waals surface area contributed by atoms with E-state index in [4.69, 9.17) is 4.74 Å². The zero-order chi connectivity index (χ0) is 21.3. The third kappa shape index (κ3) is 4.35. The van der Waals surface area contributed by atoms with Gasteiger partial charge in [-0.15, -0.1) is 0 Å². The van der Waals surface area contributed by atoms with Crippen LogP contribution < -0.4 is 5.32 Å². The molecule has 1 N–H and O–H groups in total. The van der Waals surface area contributed by atoms with Crippen molar-refractivity contribution < 1.29 is 19.1 Å². The quantitative estimate of drug-likeness (QED) is 0.662. The van der Waals surface area contributed by atoms with Crippen LogP contribution in [0.2, 0.25) is 0 Å². The molecular weight excluding hydrogens is 384 g/mol. The van der Waals surface area contributed by atoms with E-state index < -0.39 is 5.54 Å². The van der Waals surface area contributed by atoms with Gasteiger partial charge in [0.15, 0.2) is 0 Å². The van der Waals surface area contributed by atoms with Crippen LogP contribution in [0.3, 0.4) is 0 Å². The Morgan fingerprint density at radius 1 is 1.13 bits per heavy atom. The van der Waals surface area contributed by atoms with Crippen LogP contribution in [0.15, 0.2) is 0 Å². The second kappa shape index (κ2) is 8.83. The molecule has 4 aliphatic rings. The third-order valence-electron chi connectivity index (χ3n) is 7.14. The number of likely N-dealkylation sites (tertiary alicyclic amines) is 1. The van der Waals surface area contributed by atoms with Gasteiger partial charge in [0.25, 0.3) is 5.91 Å². The average molecular weight is 421 g/mol. The van der Waals surface area contributed by atoms with Crippen LogP contribution in [0, 0.1) is 0 Å². The molecule has 3 atom stereocenters. The van der Waals surface area contributed by atoms with Crippen LogP contribution in [0.1, 0.15) is 65.2 Å². The van der Waals surface area contributed by atoms with Crippen LogP contribution in [-0.2, 0) is 14.3 Å². The molecule has 1 spiro atoms. The largest absolute Gasteiger partial charge is 0.373 e. The predicted molar refractivity (Wildman–Crippen MR) is 112 cm³/mol. The van der Waals surface area contributed by atoms with E-state index in [1.165, 1.54) is 4.90 Å². The molecule has 0 aromatic heterocycles. The van der Waals surface area contributed by atoms with Crippen LogP contribution in [-0.4, -0.2) is 89.1 Å². The molecule has 0 radical (unpaired) electrons. The average Bonchev–Trinajstić information content (AvgIpc) is 3.38. The summed E-state index contributed by atoms with van der Waals surface area (Å²) in [6, 6.07) is -0.0302. The van der Waals surface area contributed by atoms with Crippen molar-refractivity contribution in [2.75, 3.05) is 32.7 Å². The maximum Gasteiger partial charge on any atom is 0.325 e. The number of nitrogens with one attached hydrogen (secondary N) is 1. The number of amides is 4. The topological polar surface area (TPSA) is 82.2 Å². The Morgan fingerprint density at radius 3 is 2.53 bits per heavy atom. The lowest BCUT2D eigenvalue weighted by Gasteiger charge is -2.38. The molecule has 8 nitrogen and oxygen atoms in total. The Hall–Kier alpha value is -1.67. The number of ether oxygens (including phenoxy) is 1. The lowest BCUT2D eigenvalue weighted by atomic mass is 9.98. The molecule has 1 saturated carbocycles. The predicted octanol–water partition coefficient (Wildman–Crippen LogP) is 1.73. The number of hydrogen-bond acceptors (Lipinski definition) is 5. The Bertz CT molecular complexity index is 668. The smallest absolute Gasteiger partial charge is 0.325 e. The summed E-state index contributed by atoms with van der Waals surface area (Å²) in [6.07, 6.45) is 6.90. The molecule has 8 heteroatoms. The first kappa shape index (κ1) is 21.6. The molecule has 4 amide bonds. The summed E-state index contributed by atoms with van der Waals surface area (Å²) in [5, 5.41) is 2.91. The summed E-state index contributed by atoms with van der Waals surface area (Å²) in [5.74, 6) is 0.0570. The second-order valence-corrected chi connectivity index (χ2v) is 9.64. The van der Waals surface area contributed by atoms with Crippen LogP contribution in [0.5, 0.6) is 0 Å². The highest BCUT2D eigenvalue weighted by atomic mass is 16.5. The Balaban J connectivity index is 1.25. The number of morpholine rings is 1. The lowest BCUT2D eigenvalue weighted by molar-refractivity contribution is -0.134. The zero-order valence-electron chi connectivity index (χ0n) is 18.4. The van der Waals surface area contributed by atoms with E-state index >= 15 is 0 Å². The van der Waals surface area contributed by atoms with Crippen molar-refractivity contribution in [3.8, 4) is 0 Å². The first-order valence-corrected chi connectivity index (χ1v) is 11.7. The molecule has 3 unspecified atom stereocenters. The Morgan fingerprint density at radius 2 is 1.83 bits per heavy atom. The van der Waals surface area contributed by atoms with Gasteiger partial charge in [-0.1, -0.05) is 12.8 Å².